The van der Waals surface area contributed by atoms with E-state index in [1.807, 2.05) is 0 Å². The number of nitrogens with one attached hydrogen (secondary N) is 2. The molecule has 3 rings (SSSR count). The Labute approximate surface area is 143 Å². The van der Waals surface area contributed by atoms with E-state index in [0.29, 0.717) is 19.5 Å². The molecule has 130 valence electrons. The number of ketones is 1. The molecule has 2 aliphatic heterocycles. The van der Waals surface area contributed by atoms with Gasteiger partial charge < -0.3 is 10.6 Å². The van der Waals surface area contributed by atoms with Crippen LogP contribution in [0.5, 0.6) is 0 Å². The van der Waals surface area contributed by atoms with E-state index in [1.165, 1.54) is 31.5 Å². The molecule has 2 N–H and O–H groups in total. The molecular formula is C19H27N3O2. The van der Waals surface area contributed by atoms with E-state index in [1.54, 1.807) is 6.92 Å². The fraction of sp³-hybridized carbons (Fsp3) is 0.579. The minimum absolute atomic E-state index is 0.0140. The van der Waals surface area contributed by atoms with E-state index in [-0.39, 0.29) is 23.7 Å². The zero-order valence-electron chi connectivity index (χ0n) is 14.4. The van der Waals surface area contributed by atoms with Gasteiger partial charge in [-0.2, -0.15) is 0 Å². The van der Waals surface area contributed by atoms with Crippen LogP contribution in [0.25, 0.3) is 0 Å². The van der Waals surface area contributed by atoms with Crippen LogP contribution < -0.4 is 10.6 Å². The molecule has 1 aromatic carbocycles. The second-order valence-electron chi connectivity index (χ2n) is 7.02. The van der Waals surface area contributed by atoms with Crippen LogP contribution in [-0.4, -0.2) is 42.3 Å². The van der Waals surface area contributed by atoms with Crippen LogP contribution in [0.2, 0.25) is 0 Å². The summed E-state index contributed by atoms with van der Waals surface area (Å²) in [6, 6.07) is 8.24. The Morgan fingerprint density at radius 1 is 1.17 bits per heavy atom. The first kappa shape index (κ1) is 17.1. The van der Waals surface area contributed by atoms with Crippen molar-refractivity contribution in [2.24, 2.45) is 5.92 Å². The number of benzene rings is 1. The van der Waals surface area contributed by atoms with Crippen LogP contribution in [0.4, 0.5) is 0 Å². The van der Waals surface area contributed by atoms with Crippen LogP contribution in [0, 0.1) is 5.92 Å². The van der Waals surface area contributed by atoms with Gasteiger partial charge in [-0.25, -0.2) is 0 Å². The van der Waals surface area contributed by atoms with Crippen molar-refractivity contribution in [1.29, 1.82) is 0 Å². The van der Waals surface area contributed by atoms with Gasteiger partial charge in [0.2, 0.25) is 5.91 Å². The SMILES string of the molecule is CC(=O)C1CNC(C(=O)NCc2ccc(CN3CCCC3)cc2)C1. The van der Waals surface area contributed by atoms with E-state index < -0.39 is 0 Å². The molecular weight excluding hydrogens is 302 g/mol. The number of carbonyl (C=O) groups excluding carboxylic acids is 2. The summed E-state index contributed by atoms with van der Waals surface area (Å²) >= 11 is 0. The molecule has 2 aliphatic rings. The number of likely N-dealkylation sites (tertiary alicyclic amines) is 1. The first-order valence-corrected chi connectivity index (χ1v) is 8.93. The lowest BCUT2D eigenvalue weighted by molar-refractivity contribution is -0.123. The number of amides is 1. The van der Waals surface area contributed by atoms with E-state index >= 15 is 0 Å². The molecule has 0 aliphatic carbocycles. The topological polar surface area (TPSA) is 61.4 Å². The average Bonchev–Trinajstić information content (AvgIpc) is 3.25. The minimum Gasteiger partial charge on any atom is -0.351 e. The fourth-order valence-electron chi connectivity index (χ4n) is 3.52. The van der Waals surface area contributed by atoms with Crippen molar-refractivity contribution in [2.75, 3.05) is 19.6 Å². The number of hydrogen-bond donors (Lipinski definition) is 2. The number of Topliss-reactive ketones (excluding diaryl/α,β-unsaturated/α-hetero) is 1. The standard InChI is InChI=1S/C19H27N3O2/c1-14(23)17-10-18(20-12-17)19(24)21-11-15-4-6-16(7-5-15)13-22-8-2-3-9-22/h4-7,17-18,20H,2-3,8-13H2,1H3,(H,21,24). The van der Waals surface area contributed by atoms with Crippen molar-refractivity contribution < 1.29 is 9.59 Å². The third kappa shape index (κ3) is 4.42. The minimum atomic E-state index is -0.242. The first-order valence-electron chi connectivity index (χ1n) is 8.93. The molecule has 2 atom stereocenters. The van der Waals surface area contributed by atoms with Crippen molar-refractivity contribution in [3.63, 3.8) is 0 Å². The highest BCUT2D eigenvalue weighted by Gasteiger charge is 2.31. The lowest BCUT2D eigenvalue weighted by Crippen LogP contribution is -2.40. The van der Waals surface area contributed by atoms with E-state index in [2.05, 4.69) is 39.8 Å². The number of carbonyl (C=O) groups is 2. The number of hydrogen-bond acceptors (Lipinski definition) is 4. The first-order chi connectivity index (χ1) is 11.6. The summed E-state index contributed by atoms with van der Waals surface area (Å²) in [6.45, 7) is 6.16. The second kappa shape index (κ2) is 7.90. The maximum absolute atomic E-state index is 12.2. The molecule has 0 radical (unpaired) electrons. The highest BCUT2D eigenvalue weighted by molar-refractivity contribution is 5.85. The Bertz CT molecular complexity index is 579. The Hall–Kier alpha value is -1.72. The Morgan fingerprint density at radius 3 is 2.46 bits per heavy atom. The van der Waals surface area contributed by atoms with Crippen LogP contribution in [0.15, 0.2) is 24.3 Å². The maximum atomic E-state index is 12.2. The summed E-state index contributed by atoms with van der Waals surface area (Å²) in [7, 11) is 0. The smallest absolute Gasteiger partial charge is 0.237 e. The Balaban J connectivity index is 1.44. The van der Waals surface area contributed by atoms with E-state index in [9.17, 15) is 9.59 Å². The summed E-state index contributed by atoms with van der Waals surface area (Å²) in [5, 5.41) is 6.10. The van der Waals surface area contributed by atoms with Gasteiger partial charge in [0, 0.05) is 25.6 Å². The van der Waals surface area contributed by atoms with Gasteiger partial charge in [0.25, 0.3) is 0 Å². The molecule has 2 heterocycles. The summed E-state index contributed by atoms with van der Waals surface area (Å²) in [5.41, 5.74) is 2.43. The van der Waals surface area contributed by atoms with Gasteiger partial charge in [-0.05, 0) is 50.4 Å². The zero-order valence-corrected chi connectivity index (χ0v) is 14.4. The van der Waals surface area contributed by atoms with Gasteiger partial charge >= 0.3 is 0 Å². The van der Waals surface area contributed by atoms with Gasteiger partial charge in [0.05, 0.1) is 6.04 Å². The number of nitrogens with zero attached hydrogens (tertiary/aromatic N) is 1. The van der Waals surface area contributed by atoms with Gasteiger partial charge in [-0.1, -0.05) is 24.3 Å². The molecule has 5 heteroatoms. The van der Waals surface area contributed by atoms with Crippen LogP contribution in [0.1, 0.15) is 37.3 Å². The quantitative estimate of drug-likeness (QED) is 0.830. The molecule has 2 saturated heterocycles. The van der Waals surface area contributed by atoms with Crippen molar-refractivity contribution >= 4 is 11.7 Å². The Morgan fingerprint density at radius 2 is 1.83 bits per heavy atom. The summed E-state index contributed by atoms with van der Waals surface area (Å²) < 4.78 is 0. The molecule has 1 amide bonds. The van der Waals surface area contributed by atoms with Crippen LogP contribution >= 0.6 is 0 Å². The van der Waals surface area contributed by atoms with Crippen LogP contribution in [-0.2, 0) is 22.7 Å². The Kier molecular flexibility index (Phi) is 5.63. The van der Waals surface area contributed by atoms with Gasteiger partial charge in [0.1, 0.15) is 5.78 Å². The third-order valence-corrected chi connectivity index (χ3v) is 5.12. The molecule has 0 aromatic heterocycles. The maximum Gasteiger partial charge on any atom is 0.237 e. The molecule has 24 heavy (non-hydrogen) atoms. The highest BCUT2D eigenvalue weighted by Crippen LogP contribution is 2.16. The largest absolute Gasteiger partial charge is 0.351 e. The average molecular weight is 329 g/mol. The monoisotopic (exact) mass is 329 g/mol. The summed E-state index contributed by atoms with van der Waals surface area (Å²) in [4.78, 5) is 26.0. The summed E-state index contributed by atoms with van der Waals surface area (Å²) in [6.07, 6.45) is 3.23. The molecule has 0 bridgehead atoms. The fourth-order valence-corrected chi connectivity index (χ4v) is 3.52. The second-order valence-corrected chi connectivity index (χ2v) is 7.02. The molecule has 2 unspecified atom stereocenters. The van der Waals surface area contributed by atoms with Gasteiger partial charge in [0.15, 0.2) is 0 Å². The van der Waals surface area contributed by atoms with Gasteiger partial charge in [-0.3, -0.25) is 14.5 Å². The van der Waals surface area contributed by atoms with Gasteiger partial charge in [-0.15, -0.1) is 0 Å². The van der Waals surface area contributed by atoms with Crippen molar-refractivity contribution in [1.82, 2.24) is 15.5 Å². The predicted octanol–water partition coefficient (Wildman–Crippen LogP) is 1.47. The molecule has 5 nitrogen and oxygen atoms in total. The third-order valence-electron chi connectivity index (χ3n) is 5.12. The van der Waals surface area contributed by atoms with Crippen molar-refractivity contribution in [3.05, 3.63) is 35.4 Å². The molecule has 1 aromatic rings. The van der Waals surface area contributed by atoms with E-state index in [4.69, 9.17) is 0 Å². The normalized spacial score (nSPS) is 24.2. The predicted molar refractivity (Wildman–Crippen MR) is 93.4 cm³/mol. The van der Waals surface area contributed by atoms with E-state index in [0.717, 1.165) is 12.1 Å². The van der Waals surface area contributed by atoms with Crippen molar-refractivity contribution in [3.8, 4) is 0 Å². The lowest BCUT2D eigenvalue weighted by atomic mass is 10.0. The molecule has 2 fully saturated rings. The van der Waals surface area contributed by atoms with Crippen LogP contribution in [0.3, 0.4) is 0 Å². The molecule has 0 spiro atoms. The lowest BCUT2D eigenvalue weighted by Gasteiger charge is -2.15. The number of rotatable bonds is 6. The summed E-state index contributed by atoms with van der Waals surface area (Å²) in [5.74, 6) is 0.122. The highest BCUT2D eigenvalue weighted by atomic mass is 16.2. The molecule has 0 saturated carbocycles. The van der Waals surface area contributed by atoms with Crippen molar-refractivity contribution in [2.45, 2.75) is 45.3 Å². The zero-order chi connectivity index (χ0) is 16.9.